The van der Waals surface area contributed by atoms with Crippen molar-refractivity contribution < 1.29 is 32.6 Å². The predicted octanol–water partition coefficient (Wildman–Crippen LogP) is 3.73. The SMILES string of the molecule is CC1=C(C(=O)O)C(c2ccccc2C(F)(F)F)C(C(=O)OCC(C)C#N)=C(C)N1. The van der Waals surface area contributed by atoms with Gasteiger partial charge in [-0.05, 0) is 32.4 Å². The van der Waals surface area contributed by atoms with Gasteiger partial charge in [0.2, 0.25) is 0 Å². The first-order chi connectivity index (χ1) is 13.5. The molecule has 1 aliphatic heterocycles. The molecule has 154 valence electrons. The minimum Gasteiger partial charge on any atom is -0.478 e. The monoisotopic (exact) mass is 408 g/mol. The zero-order chi connectivity index (χ0) is 21.9. The van der Waals surface area contributed by atoms with E-state index in [1.807, 2.05) is 6.07 Å². The summed E-state index contributed by atoms with van der Waals surface area (Å²) in [5.74, 6) is -4.56. The van der Waals surface area contributed by atoms with Gasteiger partial charge in [0.15, 0.2) is 0 Å². The maximum absolute atomic E-state index is 13.6. The van der Waals surface area contributed by atoms with Gasteiger partial charge in [0.05, 0.1) is 34.6 Å². The Morgan fingerprint density at radius 3 is 2.38 bits per heavy atom. The van der Waals surface area contributed by atoms with Crippen LogP contribution < -0.4 is 5.32 Å². The molecule has 2 N–H and O–H groups in total. The van der Waals surface area contributed by atoms with E-state index in [2.05, 4.69) is 5.32 Å². The highest BCUT2D eigenvalue weighted by atomic mass is 19.4. The van der Waals surface area contributed by atoms with E-state index >= 15 is 0 Å². The largest absolute Gasteiger partial charge is 0.478 e. The number of hydrogen-bond acceptors (Lipinski definition) is 5. The molecular formula is C20H19F3N2O4. The third-order valence-electron chi connectivity index (χ3n) is 4.47. The quantitative estimate of drug-likeness (QED) is 0.721. The van der Waals surface area contributed by atoms with Crippen molar-refractivity contribution in [3.63, 3.8) is 0 Å². The molecule has 2 rings (SSSR count). The molecule has 0 saturated heterocycles. The molecule has 0 amide bonds. The van der Waals surface area contributed by atoms with Gasteiger partial charge >= 0.3 is 18.1 Å². The van der Waals surface area contributed by atoms with E-state index in [1.54, 1.807) is 0 Å². The number of carbonyl (C=O) groups is 2. The normalized spacial score (nSPS) is 18.0. The first-order valence-electron chi connectivity index (χ1n) is 8.63. The first-order valence-corrected chi connectivity index (χ1v) is 8.63. The van der Waals surface area contributed by atoms with Crippen LogP contribution in [0.2, 0.25) is 0 Å². The Hall–Kier alpha value is -3.28. The van der Waals surface area contributed by atoms with Crippen LogP contribution in [0.15, 0.2) is 46.8 Å². The van der Waals surface area contributed by atoms with Gasteiger partial charge in [-0.2, -0.15) is 18.4 Å². The summed E-state index contributed by atoms with van der Waals surface area (Å²) in [4.78, 5) is 24.6. The number of carboxylic acids is 1. The maximum atomic E-state index is 13.6. The molecule has 9 heteroatoms. The number of nitrogens with zero attached hydrogens (tertiary/aromatic N) is 1. The number of ether oxygens (including phenoxy) is 1. The van der Waals surface area contributed by atoms with Crippen LogP contribution in [0, 0.1) is 17.2 Å². The number of nitriles is 1. The molecular weight excluding hydrogens is 389 g/mol. The van der Waals surface area contributed by atoms with E-state index < -0.39 is 35.5 Å². The number of esters is 1. The van der Waals surface area contributed by atoms with Crippen LogP contribution in [-0.4, -0.2) is 23.7 Å². The molecule has 0 bridgehead atoms. The Morgan fingerprint density at radius 2 is 1.83 bits per heavy atom. The van der Waals surface area contributed by atoms with Crippen molar-refractivity contribution in [3.8, 4) is 6.07 Å². The highest BCUT2D eigenvalue weighted by Crippen LogP contribution is 2.44. The third kappa shape index (κ3) is 4.59. The number of nitrogens with one attached hydrogen (secondary N) is 1. The van der Waals surface area contributed by atoms with Crippen molar-refractivity contribution >= 4 is 11.9 Å². The summed E-state index contributed by atoms with van der Waals surface area (Å²) in [7, 11) is 0. The van der Waals surface area contributed by atoms with Crippen molar-refractivity contribution in [1.29, 1.82) is 5.26 Å². The van der Waals surface area contributed by atoms with Gasteiger partial charge in [0, 0.05) is 11.4 Å². The second-order valence-corrected chi connectivity index (χ2v) is 6.65. The number of rotatable bonds is 5. The number of benzene rings is 1. The molecule has 29 heavy (non-hydrogen) atoms. The van der Waals surface area contributed by atoms with Crippen molar-refractivity contribution in [2.75, 3.05) is 6.61 Å². The minimum atomic E-state index is -4.75. The molecule has 0 saturated carbocycles. The lowest BCUT2D eigenvalue weighted by molar-refractivity contribution is -0.141. The van der Waals surface area contributed by atoms with Gasteiger partial charge in [0.1, 0.15) is 6.61 Å². The zero-order valence-electron chi connectivity index (χ0n) is 15.9. The van der Waals surface area contributed by atoms with Crippen LogP contribution in [0.25, 0.3) is 0 Å². The molecule has 0 spiro atoms. The molecule has 0 radical (unpaired) electrons. The second-order valence-electron chi connectivity index (χ2n) is 6.65. The number of hydrogen-bond donors (Lipinski definition) is 2. The number of dihydropyridines is 1. The molecule has 1 aromatic rings. The number of allylic oxidation sites excluding steroid dienone is 2. The van der Waals surface area contributed by atoms with Gasteiger partial charge in [0.25, 0.3) is 0 Å². The summed E-state index contributed by atoms with van der Waals surface area (Å²) < 4.78 is 45.9. The predicted molar refractivity (Wildman–Crippen MR) is 96.1 cm³/mol. The van der Waals surface area contributed by atoms with Crippen LogP contribution in [0.1, 0.15) is 37.8 Å². The lowest BCUT2D eigenvalue weighted by Crippen LogP contribution is -2.33. The molecule has 0 fully saturated rings. The van der Waals surface area contributed by atoms with Crippen LogP contribution in [0.4, 0.5) is 13.2 Å². The Bertz CT molecular complexity index is 942. The summed E-state index contributed by atoms with van der Waals surface area (Å²) in [6.45, 7) is 4.10. The standard InChI is InChI=1S/C20H19F3N2O4/c1-10(8-24)9-29-19(28)16-12(3)25-11(2)15(18(26)27)17(16)13-6-4-5-7-14(13)20(21,22)23/h4-7,10,17,25H,9H2,1-3H3,(H,26,27). The third-order valence-corrected chi connectivity index (χ3v) is 4.47. The van der Waals surface area contributed by atoms with Crippen molar-refractivity contribution in [1.82, 2.24) is 5.32 Å². The molecule has 0 aromatic heterocycles. The number of aliphatic carboxylic acids is 1. The van der Waals surface area contributed by atoms with Gasteiger partial charge in [-0.15, -0.1) is 0 Å². The van der Waals surface area contributed by atoms with E-state index in [4.69, 9.17) is 10.00 Å². The van der Waals surface area contributed by atoms with Gasteiger partial charge in [-0.3, -0.25) is 0 Å². The van der Waals surface area contributed by atoms with Crippen molar-refractivity contribution in [2.45, 2.75) is 32.9 Å². The number of carboxylic acid groups (broad SMARTS) is 1. The second kappa shape index (κ2) is 8.39. The van der Waals surface area contributed by atoms with E-state index in [-0.39, 0.29) is 34.7 Å². The smallest absolute Gasteiger partial charge is 0.416 e. The summed E-state index contributed by atoms with van der Waals surface area (Å²) in [5, 5.41) is 21.3. The average molecular weight is 408 g/mol. The fraction of sp³-hybridized carbons (Fsp3) is 0.350. The van der Waals surface area contributed by atoms with Crippen molar-refractivity contribution in [2.24, 2.45) is 5.92 Å². The molecule has 6 nitrogen and oxygen atoms in total. The van der Waals surface area contributed by atoms with E-state index in [0.29, 0.717) is 0 Å². The molecule has 1 aliphatic rings. The average Bonchev–Trinajstić information content (AvgIpc) is 2.64. The summed E-state index contributed by atoms with van der Waals surface area (Å²) in [6.07, 6.45) is -4.75. The van der Waals surface area contributed by atoms with E-state index in [9.17, 15) is 27.9 Å². The number of carbonyl (C=O) groups excluding carboxylic acids is 1. The van der Waals surface area contributed by atoms with E-state index in [1.165, 1.54) is 32.9 Å². The first kappa shape index (κ1) is 22.0. The molecule has 1 heterocycles. The highest BCUT2D eigenvalue weighted by Gasteiger charge is 2.42. The summed E-state index contributed by atoms with van der Waals surface area (Å²) in [5.41, 5.74) is -1.72. The van der Waals surface area contributed by atoms with Crippen LogP contribution in [0.3, 0.4) is 0 Å². The number of alkyl halides is 3. The number of halogens is 3. The summed E-state index contributed by atoms with van der Waals surface area (Å²) >= 11 is 0. The highest BCUT2D eigenvalue weighted by molar-refractivity contribution is 5.99. The van der Waals surface area contributed by atoms with Gasteiger partial charge in [-0.25, -0.2) is 9.59 Å². The van der Waals surface area contributed by atoms with Crippen LogP contribution in [0.5, 0.6) is 0 Å². The Morgan fingerprint density at radius 1 is 1.24 bits per heavy atom. The van der Waals surface area contributed by atoms with Gasteiger partial charge in [-0.1, -0.05) is 18.2 Å². The van der Waals surface area contributed by atoms with Crippen LogP contribution in [-0.2, 0) is 20.5 Å². The Kier molecular flexibility index (Phi) is 6.37. The minimum absolute atomic E-state index is 0.124. The van der Waals surface area contributed by atoms with Crippen molar-refractivity contribution in [3.05, 3.63) is 57.9 Å². The lowest BCUT2D eigenvalue weighted by atomic mass is 9.78. The molecule has 2 atom stereocenters. The molecule has 1 aromatic carbocycles. The zero-order valence-corrected chi connectivity index (χ0v) is 15.9. The summed E-state index contributed by atoms with van der Waals surface area (Å²) in [6, 6.07) is 6.39. The topological polar surface area (TPSA) is 99.4 Å². The fourth-order valence-corrected chi connectivity index (χ4v) is 3.18. The fourth-order valence-electron chi connectivity index (χ4n) is 3.18. The van der Waals surface area contributed by atoms with E-state index in [0.717, 1.165) is 12.1 Å². The van der Waals surface area contributed by atoms with Gasteiger partial charge < -0.3 is 15.2 Å². The maximum Gasteiger partial charge on any atom is 0.416 e. The Labute approximate surface area is 165 Å². The molecule has 0 aliphatic carbocycles. The van der Waals surface area contributed by atoms with Crippen LogP contribution >= 0.6 is 0 Å². The Balaban J connectivity index is 2.67. The lowest BCUT2D eigenvalue weighted by Gasteiger charge is -2.31. The molecule has 2 unspecified atom stereocenters.